The summed E-state index contributed by atoms with van der Waals surface area (Å²) in [6, 6.07) is 39.0. The molecule has 0 unspecified atom stereocenters. The second-order valence-electron chi connectivity index (χ2n) is 9.70. The third kappa shape index (κ3) is 4.01. The molecular weight excluding hydrogens is 450 g/mol. The molecule has 1 aliphatic heterocycles. The van der Waals surface area contributed by atoms with Crippen LogP contribution < -0.4 is 9.64 Å². The van der Waals surface area contributed by atoms with E-state index in [9.17, 15) is 0 Å². The van der Waals surface area contributed by atoms with Crippen LogP contribution in [0.2, 0.25) is 0 Å². The van der Waals surface area contributed by atoms with E-state index >= 15 is 0 Å². The van der Waals surface area contributed by atoms with Crippen LogP contribution in [-0.2, 0) is 6.42 Å². The number of rotatable bonds is 4. The predicted molar refractivity (Wildman–Crippen MR) is 154 cm³/mol. The minimum absolute atomic E-state index is 0.896. The molecule has 0 saturated carbocycles. The molecule has 0 radical (unpaired) electrons. The number of hydrogen-bond donors (Lipinski definition) is 0. The summed E-state index contributed by atoms with van der Waals surface area (Å²) >= 11 is 0. The maximum absolute atomic E-state index is 6.15. The molecule has 0 aromatic heterocycles. The third-order valence-electron chi connectivity index (χ3n) is 7.33. The van der Waals surface area contributed by atoms with Crippen LogP contribution >= 0.6 is 0 Å². The number of allylic oxidation sites excluding steroid dienone is 3. The minimum Gasteiger partial charge on any atom is -0.457 e. The van der Waals surface area contributed by atoms with Gasteiger partial charge < -0.3 is 9.64 Å². The van der Waals surface area contributed by atoms with E-state index in [0.29, 0.717) is 0 Å². The first-order valence-corrected chi connectivity index (χ1v) is 13.0. The summed E-state index contributed by atoms with van der Waals surface area (Å²) in [4.78, 5) is 2.39. The zero-order chi connectivity index (χ0) is 24.6. The first-order valence-electron chi connectivity index (χ1n) is 13.0. The average molecular weight is 478 g/mol. The van der Waals surface area contributed by atoms with E-state index in [1.807, 2.05) is 12.1 Å². The Balaban J connectivity index is 1.26. The second-order valence-corrected chi connectivity index (χ2v) is 9.70. The molecule has 2 nitrogen and oxygen atoms in total. The van der Waals surface area contributed by atoms with E-state index in [1.54, 1.807) is 0 Å². The molecule has 0 saturated heterocycles. The van der Waals surface area contributed by atoms with E-state index in [-0.39, 0.29) is 0 Å². The van der Waals surface area contributed by atoms with Crippen LogP contribution in [0.4, 0.5) is 11.4 Å². The number of nitrogens with zero attached hydrogens (tertiary/aromatic N) is 1. The number of benzene rings is 5. The topological polar surface area (TPSA) is 12.5 Å². The van der Waals surface area contributed by atoms with Crippen molar-refractivity contribution in [1.29, 1.82) is 0 Å². The Kier molecular flexibility index (Phi) is 5.36. The monoisotopic (exact) mass is 477 g/mol. The Hall–Kier alpha value is -4.56. The first kappa shape index (κ1) is 21.7. The summed E-state index contributed by atoms with van der Waals surface area (Å²) in [6.45, 7) is 0. The van der Waals surface area contributed by atoms with Gasteiger partial charge in [0.15, 0.2) is 0 Å². The van der Waals surface area contributed by atoms with Gasteiger partial charge in [0, 0.05) is 23.2 Å². The molecule has 2 aliphatic rings. The third-order valence-corrected chi connectivity index (χ3v) is 7.33. The van der Waals surface area contributed by atoms with E-state index < -0.39 is 0 Å². The maximum Gasteiger partial charge on any atom is 0.131 e. The lowest BCUT2D eigenvalue weighted by molar-refractivity contribution is 0.460. The van der Waals surface area contributed by atoms with Crippen LogP contribution in [0.3, 0.4) is 0 Å². The van der Waals surface area contributed by atoms with Gasteiger partial charge in [0.2, 0.25) is 0 Å². The Morgan fingerprint density at radius 2 is 1.41 bits per heavy atom. The van der Waals surface area contributed by atoms with Crippen LogP contribution in [0.15, 0.2) is 133 Å². The quantitative estimate of drug-likeness (QED) is 0.251. The lowest BCUT2D eigenvalue weighted by Gasteiger charge is -2.29. The van der Waals surface area contributed by atoms with Crippen molar-refractivity contribution in [1.82, 2.24) is 0 Å². The number of hydrogen-bond acceptors (Lipinski definition) is 2. The molecule has 0 bridgehead atoms. The Labute approximate surface area is 217 Å². The van der Waals surface area contributed by atoms with Gasteiger partial charge >= 0.3 is 0 Å². The van der Waals surface area contributed by atoms with E-state index in [0.717, 1.165) is 36.4 Å². The highest BCUT2D eigenvalue weighted by molar-refractivity contribution is 5.97. The van der Waals surface area contributed by atoms with Crippen molar-refractivity contribution < 1.29 is 4.74 Å². The summed E-state index contributed by atoms with van der Waals surface area (Å²) < 4.78 is 6.15. The summed E-state index contributed by atoms with van der Waals surface area (Å²) in [5.41, 5.74) is 8.47. The first-order chi connectivity index (χ1) is 18.3. The molecule has 1 heterocycles. The molecule has 5 aromatic carbocycles. The number of anilines is 2. The molecule has 37 heavy (non-hydrogen) atoms. The predicted octanol–water partition coefficient (Wildman–Crippen LogP) is 9.58. The van der Waals surface area contributed by atoms with Gasteiger partial charge in [0.05, 0.1) is 5.69 Å². The largest absolute Gasteiger partial charge is 0.457 e. The molecule has 0 atom stereocenters. The summed E-state index contributed by atoms with van der Waals surface area (Å²) in [5, 5.41) is 2.50. The van der Waals surface area contributed by atoms with E-state index in [4.69, 9.17) is 4.74 Å². The summed E-state index contributed by atoms with van der Waals surface area (Å²) in [7, 11) is 0. The van der Waals surface area contributed by atoms with Crippen LogP contribution in [0.5, 0.6) is 11.5 Å². The van der Waals surface area contributed by atoms with Gasteiger partial charge in [-0.1, -0.05) is 84.9 Å². The van der Waals surface area contributed by atoms with Crippen molar-refractivity contribution in [3.05, 3.63) is 144 Å². The molecule has 178 valence electrons. The van der Waals surface area contributed by atoms with Crippen molar-refractivity contribution in [2.24, 2.45) is 0 Å². The Bertz CT molecular complexity index is 1670. The van der Waals surface area contributed by atoms with Gasteiger partial charge in [-0.05, 0) is 83.0 Å². The van der Waals surface area contributed by atoms with Crippen molar-refractivity contribution in [3.8, 4) is 22.6 Å². The fourth-order valence-electron chi connectivity index (χ4n) is 5.47. The molecule has 5 aromatic rings. The van der Waals surface area contributed by atoms with Gasteiger partial charge in [-0.15, -0.1) is 0 Å². The van der Waals surface area contributed by atoms with Gasteiger partial charge in [0.1, 0.15) is 11.5 Å². The standard InChI is InChI=1S/C35H27NO/c1-2-12-30(13-3-1)36(33-15-8-11-26-9-4-6-14-32(26)33)31-20-17-25(18-21-31)27-19-22-35-29(23-27)24-28-10-5-7-16-34(28)37-35/h2,4-23H,1,3,24H2. The van der Waals surface area contributed by atoms with Crippen LogP contribution in [0.1, 0.15) is 24.0 Å². The molecule has 0 amide bonds. The molecular formula is C35H27NO. The fourth-order valence-corrected chi connectivity index (χ4v) is 5.47. The summed E-state index contributed by atoms with van der Waals surface area (Å²) in [5.74, 6) is 1.92. The zero-order valence-corrected chi connectivity index (χ0v) is 20.6. The van der Waals surface area contributed by atoms with Gasteiger partial charge in [0.25, 0.3) is 0 Å². The highest BCUT2D eigenvalue weighted by atomic mass is 16.5. The average Bonchev–Trinajstić information content (AvgIpc) is 2.97. The van der Waals surface area contributed by atoms with Crippen molar-refractivity contribution in [2.75, 3.05) is 4.90 Å². The lowest BCUT2D eigenvalue weighted by atomic mass is 9.96. The fraction of sp³-hybridized carbons (Fsp3) is 0.0857. The van der Waals surface area contributed by atoms with Crippen molar-refractivity contribution in [2.45, 2.75) is 19.3 Å². The van der Waals surface area contributed by atoms with E-state index in [2.05, 4.69) is 120 Å². The smallest absolute Gasteiger partial charge is 0.131 e. The number of fused-ring (bicyclic) bond motifs is 3. The minimum atomic E-state index is 0.896. The highest BCUT2D eigenvalue weighted by Crippen LogP contribution is 2.40. The number of ether oxygens (including phenoxy) is 1. The van der Waals surface area contributed by atoms with Crippen LogP contribution in [0.25, 0.3) is 21.9 Å². The van der Waals surface area contributed by atoms with Crippen LogP contribution in [-0.4, -0.2) is 0 Å². The van der Waals surface area contributed by atoms with Gasteiger partial charge in [-0.2, -0.15) is 0 Å². The molecule has 1 aliphatic carbocycles. The Morgan fingerprint density at radius 3 is 2.30 bits per heavy atom. The number of para-hydroxylation sites is 1. The normalized spacial score (nSPS) is 13.9. The molecule has 7 rings (SSSR count). The van der Waals surface area contributed by atoms with Crippen LogP contribution in [0, 0.1) is 0 Å². The molecule has 0 spiro atoms. The second kappa shape index (κ2) is 9.15. The molecule has 0 N–H and O–H groups in total. The highest BCUT2D eigenvalue weighted by Gasteiger charge is 2.19. The molecule has 2 heteroatoms. The van der Waals surface area contributed by atoms with Crippen molar-refractivity contribution >= 4 is 22.1 Å². The van der Waals surface area contributed by atoms with Gasteiger partial charge in [-0.3, -0.25) is 0 Å². The molecule has 0 fully saturated rings. The zero-order valence-electron chi connectivity index (χ0n) is 20.6. The van der Waals surface area contributed by atoms with Gasteiger partial charge in [-0.25, -0.2) is 0 Å². The Morgan fingerprint density at radius 1 is 0.622 bits per heavy atom. The van der Waals surface area contributed by atoms with E-state index in [1.165, 1.54) is 44.4 Å². The summed E-state index contributed by atoms with van der Waals surface area (Å²) in [6.07, 6.45) is 9.92. The maximum atomic E-state index is 6.15. The van der Waals surface area contributed by atoms with Crippen molar-refractivity contribution in [3.63, 3.8) is 0 Å². The lowest BCUT2D eigenvalue weighted by Crippen LogP contribution is -2.16. The SMILES string of the molecule is C1=CC(N(c2ccc(-c3ccc4c(c3)Cc3ccccc3O4)cc2)c2cccc3ccccc23)=CCC1.